The second kappa shape index (κ2) is 10.7. The Balaban J connectivity index is 2.13. The third kappa shape index (κ3) is 4.11. The van der Waals surface area contributed by atoms with Crippen LogP contribution in [0.5, 0.6) is 0 Å². The molecular weight excluding hydrogens is 479 g/mol. The van der Waals surface area contributed by atoms with E-state index >= 15 is 0 Å². The number of halogens is 1. The van der Waals surface area contributed by atoms with Crippen molar-refractivity contribution in [3.05, 3.63) is 70.5 Å². The molecule has 0 bridgehead atoms. The number of hydrogen-bond acceptors (Lipinski definition) is 0. The van der Waals surface area contributed by atoms with Gasteiger partial charge in [-0.3, -0.25) is 0 Å². The van der Waals surface area contributed by atoms with Gasteiger partial charge in [0.15, 0.2) is 0 Å². The van der Waals surface area contributed by atoms with Crippen LogP contribution in [0, 0.1) is 5.82 Å². The maximum Gasteiger partial charge on any atom is 0.123 e. The number of fused-ring (bicyclic) bond motifs is 2. The van der Waals surface area contributed by atoms with Gasteiger partial charge in [-0.05, 0) is 126 Å². The second-order valence-corrected chi connectivity index (χ2v) is 13.9. The molecule has 2 heteroatoms. The Morgan fingerprint density at radius 2 is 1.03 bits per heavy atom. The minimum atomic E-state index is -0.176. The third-order valence-electron chi connectivity index (χ3n) is 11.8. The number of benzene rings is 2. The fraction of sp³-hybridized carbons (Fsp3) is 0.611. The van der Waals surface area contributed by atoms with Gasteiger partial charge in [0, 0.05) is 0 Å². The molecule has 2 aliphatic rings. The molecule has 0 unspecified atom stereocenters. The van der Waals surface area contributed by atoms with Crippen LogP contribution in [0.1, 0.15) is 147 Å². The lowest BCUT2D eigenvalue weighted by Gasteiger charge is -2.36. The smallest absolute Gasteiger partial charge is 0.123 e. The fourth-order valence-electron chi connectivity index (χ4n) is 8.75. The summed E-state index contributed by atoms with van der Waals surface area (Å²) in [5, 5.41) is 2.78. The van der Waals surface area contributed by atoms with E-state index in [1.165, 1.54) is 64.2 Å². The summed E-state index contributed by atoms with van der Waals surface area (Å²) >= 11 is 0. The van der Waals surface area contributed by atoms with Gasteiger partial charge >= 0.3 is 0 Å². The third-order valence-corrected chi connectivity index (χ3v) is 13.1. The molecule has 0 nitrogen and oxygen atoms in total. The maximum absolute atomic E-state index is 13.8. The molecule has 38 heavy (non-hydrogen) atoms. The van der Waals surface area contributed by atoms with E-state index in [1.807, 2.05) is 12.1 Å². The summed E-state index contributed by atoms with van der Waals surface area (Å²) in [4.78, 5) is 0. The Kier molecular flexibility index (Phi) is 8.27. The molecule has 4 rings (SSSR count). The molecule has 206 valence electrons. The second-order valence-electron chi connectivity index (χ2n) is 12.5. The zero-order valence-electron chi connectivity index (χ0n) is 25.5. The fourth-order valence-corrected chi connectivity index (χ4v) is 10.4. The van der Waals surface area contributed by atoms with Gasteiger partial charge in [0.25, 0.3) is 0 Å². The van der Waals surface area contributed by atoms with Crippen molar-refractivity contribution in [3.63, 3.8) is 0 Å². The molecule has 0 spiro atoms. The van der Waals surface area contributed by atoms with Gasteiger partial charge in [-0.15, -0.1) is 0 Å². The van der Waals surface area contributed by atoms with E-state index < -0.39 is 0 Å². The van der Waals surface area contributed by atoms with Crippen molar-refractivity contribution < 1.29 is 4.39 Å². The summed E-state index contributed by atoms with van der Waals surface area (Å²) in [6, 6.07) is 9.80. The van der Waals surface area contributed by atoms with Crippen LogP contribution in [0.15, 0.2) is 36.9 Å². The van der Waals surface area contributed by atoms with Gasteiger partial charge in [-0.25, -0.2) is 4.39 Å². The average Bonchev–Trinajstić information content (AvgIpc) is 3.42. The van der Waals surface area contributed by atoms with E-state index in [1.54, 1.807) is 39.6 Å². The molecule has 0 amide bonds. The predicted molar refractivity (Wildman–Crippen MR) is 166 cm³/mol. The minimum absolute atomic E-state index is 0.176. The minimum Gasteiger partial charge on any atom is -0.207 e. The van der Waals surface area contributed by atoms with Crippen molar-refractivity contribution in [2.75, 3.05) is 0 Å². The maximum atomic E-state index is 13.8. The molecule has 2 aromatic carbocycles. The number of rotatable bonds is 11. The van der Waals surface area contributed by atoms with Crippen molar-refractivity contribution in [2.45, 2.75) is 141 Å². The van der Waals surface area contributed by atoms with Crippen LogP contribution in [0.3, 0.4) is 0 Å². The highest BCUT2D eigenvalue weighted by Gasteiger charge is 2.56. The van der Waals surface area contributed by atoms with Crippen LogP contribution in [0.2, 0.25) is 0 Å². The first-order chi connectivity index (χ1) is 18.1. The quantitative estimate of drug-likeness (QED) is 0.254. The van der Waals surface area contributed by atoms with Gasteiger partial charge in [0.1, 0.15) is 15.3 Å². The van der Waals surface area contributed by atoms with Crippen LogP contribution in [0.25, 0.3) is 5.20 Å². The molecular formula is C36H51FSi. The predicted octanol–water partition coefficient (Wildman–Crippen LogP) is 9.86. The van der Waals surface area contributed by atoms with E-state index in [-0.39, 0.29) is 27.5 Å². The van der Waals surface area contributed by atoms with E-state index in [2.05, 4.69) is 68.0 Å². The normalized spacial score (nSPS) is 19.8. The van der Waals surface area contributed by atoms with Crippen molar-refractivity contribution in [1.29, 1.82) is 0 Å². The topological polar surface area (TPSA) is 0 Å². The lowest BCUT2D eigenvalue weighted by molar-refractivity contribution is 0.279. The zero-order valence-corrected chi connectivity index (χ0v) is 26.5. The molecule has 2 aromatic rings. The van der Waals surface area contributed by atoms with Gasteiger partial charge in [-0.2, -0.15) is 0 Å². The highest BCUT2D eigenvalue weighted by molar-refractivity contribution is 6.74. The first-order valence-corrected chi connectivity index (χ1v) is 16.6. The molecule has 0 N–H and O–H groups in total. The van der Waals surface area contributed by atoms with E-state index in [4.69, 9.17) is 0 Å². The molecule has 2 radical (unpaired) electrons. The first-order valence-electron chi connectivity index (χ1n) is 15.6. The van der Waals surface area contributed by atoms with Gasteiger partial charge in [0.05, 0.1) is 0 Å². The van der Waals surface area contributed by atoms with Gasteiger partial charge in [0.2, 0.25) is 0 Å². The Morgan fingerprint density at radius 3 is 1.37 bits per heavy atom. The molecule has 0 heterocycles. The van der Waals surface area contributed by atoms with Crippen LogP contribution in [0.4, 0.5) is 4.39 Å². The molecule has 2 aliphatic carbocycles. The zero-order chi connectivity index (χ0) is 27.9. The summed E-state index contributed by atoms with van der Waals surface area (Å²) in [6.45, 7) is 24.1. The Hall–Kier alpha value is -1.67. The van der Waals surface area contributed by atoms with Crippen molar-refractivity contribution in [2.24, 2.45) is 0 Å². The first kappa shape index (κ1) is 29.3. The highest BCUT2D eigenvalue weighted by atomic mass is 28.2. The van der Waals surface area contributed by atoms with E-state index in [9.17, 15) is 4.39 Å². The van der Waals surface area contributed by atoms with E-state index in [0.717, 1.165) is 10.8 Å². The molecule has 0 aromatic heterocycles. The Bertz CT molecular complexity index is 1090. The Labute approximate surface area is 235 Å². The van der Waals surface area contributed by atoms with Crippen molar-refractivity contribution in [3.8, 4) is 0 Å². The highest BCUT2D eigenvalue weighted by Crippen LogP contribution is 2.61. The monoisotopic (exact) mass is 530 g/mol. The molecule has 0 fully saturated rings. The van der Waals surface area contributed by atoms with Crippen molar-refractivity contribution >= 4 is 19.9 Å². The molecule has 0 aliphatic heterocycles. The summed E-state index contributed by atoms with van der Waals surface area (Å²) in [7, 11) is 0.523. The van der Waals surface area contributed by atoms with Crippen LogP contribution in [-0.4, -0.2) is 9.52 Å². The van der Waals surface area contributed by atoms with Crippen LogP contribution in [-0.2, 0) is 21.7 Å². The number of hydrogen-bond donors (Lipinski definition) is 0. The standard InChI is InChI=1S/C36H51FSi/c1-10-33(11-2)23-35(14-5,15-6)30-28(33)22-29-31(36(16-7,17-8)24-34(29,12-3)13-4)32(30)38-25(9)26-18-20-27(37)21-19-26/h18-22H,9-17,23-24H2,1-8H3. The van der Waals surface area contributed by atoms with Crippen molar-refractivity contribution in [1.82, 2.24) is 0 Å². The lowest BCUT2D eigenvalue weighted by atomic mass is 9.70. The largest absolute Gasteiger partial charge is 0.207 e. The molecule has 0 atom stereocenters. The lowest BCUT2D eigenvalue weighted by Crippen LogP contribution is -2.38. The average molecular weight is 531 g/mol. The van der Waals surface area contributed by atoms with Gasteiger partial charge in [-0.1, -0.05) is 90.6 Å². The molecule has 0 saturated heterocycles. The molecule has 0 saturated carbocycles. The summed E-state index contributed by atoms with van der Waals surface area (Å²) in [6.07, 6.45) is 12.1. The SMILES string of the molecule is C=C([Si]c1c2c(cc3c1C(CC)(CC)CC3(CC)CC)C(CC)(CC)CC2(CC)CC)c1ccc(F)cc1. The van der Waals surface area contributed by atoms with Gasteiger partial charge < -0.3 is 0 Å². The van der Waals surface area contributed by atoms with Crippen LogP contribution < -0.4 is 5.19 Å². The Morgan fingerprint density at radius 1 is 0.658 bits per heavy atom. The summed E-state index contributed by atoms with van der Waals surface area (Å²) in [5.74, 6) is -0.176. The van der Waals surface area contributed by atoms with E-state index in [0.29, 0.717) is 9.52 Å². The summed E-state index contributed by atoms with van der Waals surface area (Å²) < 4.78 is 13.8. The summed E-state index contributed by atoms with van der Waals surface area (Å²) in [5.41, 5.74) is 8.77. The van der Waals surface area contributed by atoms with Crippen LogP contribution >= 0.6 is 0 Å².